The molecule has 13 heavy (non-hydrogen) atoms. The zero-order valence-electron chi connectivity index (χ0n) is 8.07. The van der Waals surface area contributed by atoms with Crippen molar-refractivity contribution < 1.29 is 9.90 Å². The highest BCUT2D eigenvalue weighted by atomic mass is 16.4. The molecular weight excluding hydrogens is 168 g/mol. The van der Waals surface area contributed by atoms with E-state index in [1.807, 2.05) is 7.05 Å². The zero-order chi connectivity index (χ0) is 9.84. The fourth-order valence-corrected chi connectivity index (χ4v) is 1.90. The highest BCUT2D eigenvalue weighted by Gasteiger charge is 2.26. The van der Waals surface area contributed by atoms with E-state index >= 15 is 0 Å². The quantitative estimate of drug-likeness (QED) is 0.655. The van der Waals surface area contributed by atoms with Crippen LogP contribution in [0.2, 0.25) is 0 Å². The molecule has 0 aromatic carbocycles. The Morgan fingerprint density at radius 2 is 2.46 bits per heavy atom. The van der Waals surface area contributed by atoms with Gasteiger partial charge in [-0.3, -0.25) is 4.79 Å². The molecular formula is C9H18N2O2. The van der Waals surface area contributed by atoms with Crippen LogP contribution in [-0.2, 0) is 4.79 Å². The molecule has 1 rings (SSSR count). The SMILES string of the molecule is CN1CCCC1CC(CN)C(=O)O. The lowest BCUT2D eigenvalue weighted by atomic mass is 9.99. The fraction of sp³-hybridized carbons (Fsp3) is 0.889. The van der Waals surface area contributed by atoms with Crippen LogP contribution in [0.1, 0.15) is 19.3 Å². The second kappa shape index (κ2) is 4.58. The molecule has 1 aliphatic heterocycles. The number of rotatable bonds is 4. The topological polar surface area (TPSA) is 66.6 Å². The summed E-state index contributed by atoms with van der Waals surface area (Å²) in [6.07, 6.45) is 2.99. The van der Waals surface area contributed by atoms with Crippen LogP contribution in [0.25, 0.3) is 0 Å². The number of carbonyl (C=O) groups is 1. The summed E-state index contributed by atoms with van der Waals surface area (Å²) in [6, 6.07) is 0.421. The molecule has 0 radical (unpaired) electrons. The van der Waals surface area contributed by atoms with E-state index in [1.54, 1.807) is 0 Å². The molecule has 0 aromatic rings. The average Bonchev–Trinajstić information content (AvgIpc) is 2.46. The second-order valence-corrected chi connectivity index (χ2v) is 3.78. The monoisotopic (exact) mass is 186 g/mol. The van der Waals surface area contributed by atoms with Crippen molar-refractivity contribution in [2.45, 2.75) is 25.3 Å². The van der Waals surface area contributed by atoms with Gasteiger partial charge in [-0.2, -0.15) is 0 Å². The number of aliphatic carboxylic acids is 1. The molecule has 1 aliphatic rings. The Hall–Kier alpha value is -0.610. The van der Waals surface area contributed by atoms with Gasteiger partial charge in [0.25, 0.3) is 0 Å². The molecule has 0 aromatic heterocycles. The van der Waals surface area contributed by atoms with E-state index in [9.17, 15) is 4.79 Å². The molecule has 0 saturated carbocycles. The smallest absolute Gasteiger partial charge is 0.307 e. The van der Waals surface area contributed by atoms with Crippen molar-refractivity contribution in [1.29, 1.82) is 0 Å². The third-order valence-electron chi connectivity index (χ3n) is 2.86. The Bertz CT molecular complexity index is 184. The number of carboxylic acid groups (broad SMARTS) is 1. The second-order valence-electron chi connectivity index (χ2n) is 3.78. The van der Waals surface area contributed by atoms with E-state index in [4.69, 9.17) is 10.8 Å². The van der Waals surface area contributed by atoms with Crippen LogP contribution < -0.4 is 5.73 Å². The summed E-state index contributed by atoms with van der Waals surface area (Å²) in [6.45, 7) is 1.33. The zero-order valence-corrected chi connectivity index (χ0v) is 8.07. The van der Waals surface area contributed by atoms with Crippen molar-refractivity contribution in [2.75, 3.05) is 20.1 Å². The maximum Gasteiger partial charge on any atom is 0.307 e. The van der Waals surface area contributed by atoms with Gasteiger partial charge in [0.2, 0.25) is 0 Å². The van der Waals surface area contributed by atoms with E-state index in [1.165, 1.54) is 6.42 Å². The maximum atomic E-state index is 10.7. The van der Waals surface area contributed by atoms with Gasteiger partial charge in [0.1, 0.15) is 0 Å². The van der Waals surface area contributed by atoms with Crippen molar-refractivity contribution in [3.63, 3.8) is 0 Å². The van der Waals surface area contributed by atoms with Gasteiger partial charge in [-0.1, -0.05) is 0 Å². The molecule has 3 N–H and O–H groups in total. The minimum atomic E-state index is -0.761. The lowest BCUT2D eigenvalue weighted by molar-refractivity contribution is -0.142. The molecule has 1 heterocycles. The van der Waals surface area contributed by atoms with E-state index in [-0.39, 0.29) is 12.5 Å². The Labute approximate surface area is 78.7 Å². The minimum absolute atomic E-state index is 0.250. The Morgan fingerprint density at radius 1 is 1.77 bits per heavy atom. The molecule has 0 spiro atoms. The number of carboxylic acids is 1. The standard InChI is InChI=1S/C9H18N2O2/c1-11-4-2-3-8(11)5-7(6-10)9(12)13/h7-8H,2-6,10H2,1H3,(H,12,13). The first-order valence-corrected chi connectivity index (χ1v) is 4.78. The van der Waals surface area contributed by atoms with E-state index in [0.29, 0.717) is 12.5 Å². The summed E-state index contributed by atoms with van der Waals surface area (Å²) in [5.74, 6) is -1.13. The third-order valence-corrected chi connectivity index (χ3v) is 2.86. The maximum absolute atomic E-state index is 10.7. The molecule has 1 saturated heterocycles. The third kappa shape index (κ3) is 2.67. The van der Waals surface area contributed by atoms with Crippen LogP contribution in [0.5, 0.6) is 0 Å². The van der Waals surface area contributed by atoms with Crippen molar-refractivity contribution >= 4 is 5.97 Å². The Morgan fingerprint density at radius 3 is 2.85 bits per heavy atom. The van der Waals surface area contributed by atoms with Crippen LogP contribution in [0.3, 0.4) is 0 Å². The van der Waals surface area contributed by atoms with Crippen LogP contribution in [-0.4, -0.2) is 42.2 Å². The number of nitrogens with zero attached hydrogens (tertiary/aromatic N) is 1. The summed E-state index contributed by atoms with van der Waals surface area (Å²) < 4.78 is 0. The molecule has 1 fully saturated rings. The van der Waals surface area contributed by atoms with Gasteiger partial charge in [-0.25, -0.2) is 0 Å². The normalized spacial score (nSPS) is 26.2. The first-order valence-electron chi connectivity index (χ1n) is 4.78. The van der Waals surface area contributed by atoms with Crippen LogP contribution in [0, 0.1) is 5.92 Å². The van der Waals surface area contributed by atoms with Crippen LogP contribution in [0.15, 0.2) is 0 Å². The number of likely N-dealkylation sites (tertiary alicyclic amines) is 1. The van der Waals surface area contributed by atoms with Crippen LogP contribution in [0.4, 0.5) is 0 Å². The number of hydrogen-bond donors (Lipinski definition) is 2. The number of hydrogen-bond acceptors (Lipinski definition) is 3. The van der Waals surface area contributed by atoms with E-state index < -0.39 is 5.97 Å². The molecule has 0 amide bonds. The Kier molecular flexibility index (Phi) is 3.69. The predicted octanol–water partition coefficient (Wildman–Crippen LogP) is 0.130. The molecule has 0 aliphatic carbocycles. The Balaban J connectivity index is 2.41. The molecule has 2 unspecified atom stereocenters. The molecule has 76 valence electrons. The van der Waals surface area contributed by atoms with Crippen molar-refractivity contribution in [3.8, 4) is 0 Å². The van der Waals surface area contributed by atoms with Gasteiger partial charge in [-0.15, -0.1) is 0 Å². The molecule has 4 nitrogen and oxygen atoms in total. The highest BCUT2D eigenvalue weighted by molar-refractivity contribution is 5.70. The lowest BCUT2D eigenvalue weighted by Crippen LogP contribution is -2.33. The molecule has 0 bridgehead atoms. The first-order chi connectivity index (χ1) is 6.15. The van der Waals surface area contributed by atoms with Crippen molar-refractivity contribution in [1.82, 2.24) is 4.90 Å². The number of nitrogens with two attached hydrogens (primary N) is 1. The van der Waals surface area contributed by atoms with Crippen LogP contribution >= 0.6 is 0 Å². The molecule has 4 heteroatoms. The van der Waals surface area contributed by atoms with Gasteiger partial charge in [0.15, 0.2) is 0 Å². The van der Waals surface area contributed by atoms with Crippen molar-refractivity contribution in [3.05, 3.63) is 0 Å². The average molecular weight is 186 g/mol. The van der Waals surface area contributed by atoms with Gasteiger partial charge in [0, 0.05) is 12.6 Å². The van der Waals surface area contributed by atoms with Crippen molar-refractivity contribution in [2.24, 2.45) is 11.7 Å². The summed E-state index contributed by atoms with van der Waals surface area (Å²) in [5, 5.41) is 8.82. The summed E-state index contributed by atoms with van der Waals surface area (Å²) in [4.78, 5) is 13.0. The largest absolute Gasteiger partial charge is 0.481 e. The summed E-state index contributed by atoms with van der Waals surface area (Å²) in [5.41, 5.74) is 5.40. The predicted molar refractivity (Wildman–Crippen MR) is 50.4 cm³/mol. The lowest BCUT2D eigenvalue weighted by Gasteiger charge is -2.22. The van der Waals surface area contributed by atoms with Gasteiger partial charge in [0.05, 0.1) is 5.92 Å². The van der Waals surface area contributed by atoms with Gasteiger partial charge < -0.3 is 15.7 Å². The molecule has 2 atom stereocenters. The minimum Gasteiger partial charge on any atom is -0.481 e. The fourth-order valence-electron chi connectivity index (χ4n) is 1.90. The summed E-state index contributed by atoms with van der Waals surface area (Å²) in [7, 11) is 2.05. The van der Waals surface area contributed by atoms with E-state index in [2.05, 4.69) is 4.90 Å². The first kappa shape index (κ1) is 10.5. The summed E-state index contributed by atoms with van der Waals surface area (Å²) >= 11 is 0. The van der Waals surface area contributed by atoms with Gasteiger partial charge in [-0.05, 0) is 32.9 Å². The van der Waals surface area contributed by atoms with E-state index in [0.717, 1.165) is 13.0 Å². The van der Waals surface area contributed by atoms with Gasteiger partial charge >= 0.3 is 5.97 Å². The highest BCUT2D eigenvalue weighted by Crippen LogP contribution is 2.21.